The number of aliphatic hydroxyl groups excluding tert-OH is 1. The third kappa shape index (κ3) is 6.38. The van der Waals surface area contributed by atoms with Gasteiger partial charge in [0.25, 0.3) is 0 Å². The summed E-state index contributed by atoms with van der Waals surface area (Å²) in [5.41, 5.74) is 10.4. The lowest BCUT2D eigenvalue weighted by Crippen LogP contribution is -1.97. The maximum Gasteiger partial charge on any atom is 0.168 e. The van der Waals surface area contributed by atoms with Gasteiger partial charge in [0.05, 0.1) is 5.03 Å². The normalized spacial score (nSPS) is 14.3. The first-order chi connectivity index (χ1) is 8.79. The molecule has 0 spiro atoms. The average molecular weight is 287 g/mol. The molecule has 4 nitrogen and oxygen atoms in total. The number of ether oxygens (including phenoxy) is 1. The minimum absolute atomic E-state index is 0.0212. The van der Waals surface area contributed by atoms with Crippen molar-refractivity contribution < 1.29 is 14.2 Å². The van der Waals surface area contributed by atoms with Crippen molar-refractivity contribution in [2.75, 3.05) is 0 Å². The van der Waals surface area contributed by atoms with Gasteiger partial charge < -0.3 is 21.3 Å². The molecule has 0 atom stereocenters. The van der Waals surface area contributed by atoms with Crippen LogP contribution in [0.1, 0.15) is 6.92 Å². The van der Waals surface area contributed by atoms with E-state index in [0.29, 0.717) is 0 Å². The molecule has 0 unspecified atom stereocenters. The molecule has 0 heterocycles. The van der Waals surface area contributed by atoms with E-state index >= 15 is 0 Å². The van der Waals surface area contributed by atoms with E-state index in [-0.39, 0.29) is 28.0 Å². The van der Waals surface area contributed by atoms with Gasteiger partial charge in [-0.25, -0.2) is 4.39 Å². The van der Waals surface area contributed by atoms with Crippen LogP contribution in [0.15, 0.2) is 71.4 Å². The number of allylic oxidation sites excluding steroid dienone is 6. The van der Waals surface area contributed by atoms with E-state index in [1.54, 1.807) is 0 Å². The van der Waals surface area contributed by atoms with Gasteiger partial charge in [-0.15, -0.1) is 0 Å². The molecular formula is C13H16ClFN2O2. The maximum atomic E-state index is 13.2. The van der Waals surface area contributed by atoms with Gasteiger partial charge in [-0.1, -0.05) is 24.8 Å². The third-order valence-corrected chi connectivity index (χ3v) is 2.09. The van der Waals surface area contributed by atoms with E-state index in [0.717, 1.165) is 6.08 Å². The van der Waals surface area contributed by atoms with Gasteiger partial charge in [-0.3, -0.25) is 0 Å². The van der Waals surface area contributed by atoms with Crippen molar-refractivity contribution in [1.29, 1.82) is 0 Å². The Morgan fingerprint density at radius 1 is 1.42 bits per heavy atom. The van der Waals surface area contributed by atoms with Gasteiger partial charge in [0.1, 0.15) is 11.6 Å². The first-order valence-corrected chi connectivity index (χ1v) is 5.50. The molecule has 19 heavy (non-hydrogen) atoms. The van der Waals surface area contributed by atoms with E-state index in [1.165, 1.54) is 25.3 Å². The molecule has 0 rings (SSSR count). The summed E-state index contributed by atoms with van der Waals surface area (Å²) in [5.74, 6) is -1.16. The highest BCUT2D eigenvalue weighted by molar-refractivity contribution is 6.31. The van der Waals surface area contributed by atoms with Crippen molar-refractivity contribution in [2.45, 2.75) is 6.92 Å². The van der Waals surface area contributed by atoms with Crippen molar-refractivity contribution in [3.8, 4) is 0 Å². The number of hydrogen-bond acceptors (Lipinski definition) is 4. The Morgan fingerprint density at radius 3 is 2.42 bits per heavy atom. The number of halogens is 2. The molecule has 0 fully saturated rings. The molecule has 0 bridgehead atoms. The van der Waals surface area contributed by atoms with Crippen LogP contribution in [0, 0.1) is 0 Å². The van der Waals surface area contributed by atoms with Crippen LogP contribution in [0.25, 0.3) is 0 Å². The first-order valence-electron chi connectivity index (χ1n) is 5.12. The van der Waals surface area contributed by atoms with Gasteiger partial charge >= 0.3 is 0 Å². The predicted molar refractivity (Wildman–Crippen MR) is 75.3 cm³/mol. The molecule has 0 aliphatic heterocycles. The van der Waals surface area contributed by atoms with E-state index < -0.39 is 5.83 Å². The number of hydrogen-bond donors (Lipinski definition) is 3. The van der Waals surface area contributed by atoms with E-state index in [1.807, 2.05) is 0 Å². The van der Waals surface area contributed by atoms with Crippen molar-refractivity contribution in [3.05, 3.63) is 71.4 Å². The molecule has 0 saturated heterocycles. The Balaban J connectivity index is 5.04. The van der Waals surface area contributed by atoms with Crippen LogP contribution in [0.3, 0.4) is 0 Å². The maximum absolute atomic E-state index is 13.2. The number of aliphatic hydroxyl groups is 1. The summed E-state index contributed by atoms with van der Waals surface area (Å²) in [6.45, 7) is 8.17. The van der Waals surface area contributed by atoms with Crippen LogP contribution < -0.4 is 11.5 Å². The van der Waals surface area contributed by atoms with Crippen molar-refractivity contribution in [1.82, 2.24) is 0 Å². The zero-order valence-electron chi connectivity index (χ0n) is 10.5. The summed E-state index contributed by atoms with van der Waals surface area (Å²) in [6, 6.07) is 0. The lowest BCUT2D eigenvalue weighted by atomic mass is 10.3. The van der Waals surface area contributed by atoms with Crippen LogP contribution in [0.2, 0.25) is 0 Å². The average Bonchev–Trinajstić information content (AvgIpc) is 2.33. The minimum atomic E-state index is -0.704. The summed E-state index contributed by atoms with van der Waals surface area (Å²) in [5, 5.41) is 9.16. The van der Waals surface area contributed by atoms with E-state index in [2.05, 4.69) is 13.2 Å². The van der Waals surface area contributed by atoms with Crippen LogP contribution in [-0.4, -0.2) is 5.11 Å². The highest BCUT2D eigenvalue weighted by Crippen LogP contribution is 2.22. The van der Waals surface area contributed by atoms with Crippen molar-refractivity contribution >= 4 is 11.6 Å². The molecule has 5 N–H and O–H groups in total. The Bertz CT molecular complexity index is 487. The quantitative estimate of drug-likeness (QED) is 0.517. The second-order valence-electron chi connectivity index (χ2n) is 3.41. The smallest absolute Gasteiger partial charge is 0.168 e. The molecule has 0 aliphatic rings. The van der Waals surface area contributed by atoms with Gasteiger partial charge in [-0.2, -0.15) is 0 Å². The molecule has 0 aromatic heterocycles. The van der Waals surface area contributed by atoms with Gasteiger partial charge in [0, 0.05) is 5.70 Å². The largest absolute Gasteiger partial charge is 0.505 e. The molecule has 104 valence electrons. The number of rotatable bonds is 6. The molecule has 0 radical (unpaired) electrons. The van der Waals surface area contributed by atoms with E-state index in [4.69, 9.17) is 27.8 Å². The van der Waals surface area contributed by atoms with Crippen molar-refractivity contribution in [3.63, 3.8) is 0 Å². The van der Waals surface area contributed by atoms with Gasteiger partial charge in [0.15, 0.2) is 11.5 Å². The molecule has 6 heteroatoms. The Hall–Kier alpha value is -2.14. The van der Waals surface area contributed by atoms with Crippen LogP contribution in [0.4, 0.5) is 4.39 Å². The van der Waals surface area contributed by atoms with Crippen LogP contribution in [-0.2, 0) is 4.74 Å². The topological polar surface area (TPSA) is 81.5 Å². The Morgan fingerprint density at radius 2 is 2.00 bits per heavy atom. The third-order valence-electron chi connectivity index (χ3n) is 1.77. The molecule has 0 aliphatic carbocycles. The molecule has 0 aromatic carbocycles. The zero-order chi connectivity index (χ0) is 15.0. The first kappa shape index (κ1) is 16.9. The van der Waals surface area contributed by atoms with Gasteiger partial charge in [-0.05, 0) is 31.4 Å². The summed E-state index contributed by atoms with van der Waals surface area (Å²) >= 11 is 5.78. The molecular weight excluding hydrogens is 271 g/mol. The highest BCUT2D eigenvalue weighted by Gasteiger charge is 2.08. The highest BCUT2D eigenvalue weighted by atomic mass is 35.5. The fraction of sp³-hybridized carbons (Fsp3) is 0.0769. The van der Waals surface area contributed by atoms with Crippen molar-refractivity contribution in [2.24, 2.45) is 11.5 Å². The fourth-order valence-corrected chi connectivity index (χ4v) is 0.954. The lowest BCUT2D eigenvalue weighted by molar-refractivity contribution is 0.278. The summed E-state index contributed by atoms with van der Waals surface area (Å²) in [4.78, 5) is 0. The standard InChI is InChI=1S/C13H16ClFN2O2/c1-8(17)12(15)7-11(14)10(3)19-13(9(2)18)5-4-6-16/h4-7,18H,2-3,16-17H2,1H3/b6-4-,11-7+,12-8+,13-5+. The summed E-state index contributed by atoms with van der Waals surface area (Å²) in [7, 11) is 0. The summed E-state index contributed by atoms with van der Waals surface area (Å²) in [6.07, 6.45) is 4.94. The van der Waals surface area contributed by atoms with Gasteiger partial charge in [0.2, 0.25) is 0 Å². The van der Waals surface area contributed by atoms with Crippen LogP contribution in [0.5, 0.6) is 0 Å². The monoisotopic (exact) mass is 286 g/mol. The Labute approximate surface area is 116 Å². The SMILES string of the molecule is C=C(O/C(=C/C=C\N)C(=C)O)/C(Cl)=C\C(F)=C(\C)N. The zero-order valence-corrected chi connectivity index (χ0v) is 11.2. The Kier molecular flexibility index (Phi) is 7.14. The second kappa shape index (κ2) is 8.05. The molecule has 0 aromatic rings. The molecule has 0 saturated carbocycles. The summed E-state index contributed by atoms with van der Waals surface area (Å²) < 4.78 is 18.4. The molecule has 0 amide bonds. The predicted octanol–water partition coefficient (Wildman–Crippen LogP) is 3.23. The second-order valence-corrected chi connectivity index (χ2v) is 3.82. The minimum Gasteiger partial charge on any atom is -0.505 e. The van der Waals surface area contributed by atoms with E-state index in [9.17, 15) is 9.50 Å². The van der Waals surface area contributed by atoms with Crippen LogP contribution >= 0.6 is 11.6 Å². The fourth-order valence-electron chi connectivity index (χ4n) is 0.819. The number of nitrogens with two attached hydrogens (primary N) is 2. The lowest BCUT2D eigenvalue weighted by Gasteiger charge is -2.10.